The zero-order chi connectivity index (χ0) is 11.9. The number of aliphatic hydroxyl groups excluding tert-OH is 1. The molecule has 5 heteroatoms. The third-order valence-corrected chi connectivity index (χ3v) is 3.68. The van der Waals surface area contributed by atoms with Crippen molar-refractivity contribution in [3.63, 3.8) is 0 Å². The van der Waals surface area contributed by atoms with Gasteiger partial charge in [0.2, 0.25) is 0 Å². The van der Waals surface area contributed by atoms with Gasteiger partial charge in [0.1, 0.15) is 0 Å². The molecule has 0 bridgehead atoms. The number of sulfone groups is 1. The van der Waals surface area contributed by atoms with E-state index >= 15 is 0 Å². The molecular weight excluding hydrogens is 216 g/mol. The van der Waals surface area contributed by atoms with Crippen molar-refractivity contribution in [2.75, 3.05) is 18.1 Å². The smallest absolute Gasteiger partial charge is 0.152 e. The average Bonchev–Trinajstić information content (AvgIpc) is 2.11. The molecule has 0 rings (SSSR count). The van der Waals surface area contributed by atoms with Gasteiger partial charge in [-0.15, -0.1) is 0 Å². The van der Waals surface area contributed by atoms with E-state index in [0.717, 1.165) is 6.42 Å². The third kappa shape index (κ3) is 8.84. The van der Waals surface area contributed by atoms with Crippen LogP contribution in [0, 0.1) is 0 Å². The highest BCUT2D eigenvalue weighted by molar-refractivity contribution is 7.91. The van der Waals surface area contributed by atoms with E-state index in [4.69, 9.17) is 4.74 Å². The first-order valence-corrected chi connectivity index (χ1v) is 7.19. The van der Waals surface area contributed by atoms with Gasteiger partial charge < -0.3 is 9.84 Å². The molecule has 0 aliphatic carbocycles. The second-order valence-corrected chi connectivity index (χ2v) is 6.23. The van der Waals surface area contributed by atoms with Crippen LogP contribution in [0.2, 0.25) is 0 Å². The lowest BCUT2D eigenvalue weighted by Gasteiger charge is -2.13. The zero-order valence-electron chi connectivity index (χ0n) is 9.77. The lowest BCUT2D eigenvalue weighted by atomic mass is 10.4. The predicted octanol–water partition coefficient (Wildman–Crippen LogP) is 0.987. The Bertz CT molecular complexity index is 246. The van der Waals surface area contributed by atoms with Crippen molar-refractivity contribution in [2.45, 2.75) is 45.8 Å². The summed E-state index contributed by atoms with van der Waals surface area (Å²) in [6.45, 7) is 5.72. The molecule has 0 fully saturated rings. The van der Waals surface area contributed by atoms with Crippen LogP contribution < -0.4 is 0 Å². The summed E-state index contributed by atoms with van der Waals surface area (Å²) >= 11 is 0. The van der Waals surface area contributed by atoms with E-state index in [9.17, 15) is 13.5 Å². The topological polar surface area (TPSA) is 63.6 Å². The molecule has 0 aliphatic heterocycles. The summed E-state index contributed by atoms with van der Waals surface area (Å²) in [6.07, 6.45) is 0.602. The van der Waals surface area contributed by atoms with Gasteiger partial charge in [0.15, 0.2) is 9.84 Å². The van der Waals surface area contributed by atoms with Crippen molar-refractivity contribution < 1.29 is 18.3 Å². The summed E-state index contributed by atoms with van der Waals surface area (Å²) < 4.78 is 28.0. The first-order valence-electron chi connectivity index (χ1n) is 5.37. The number of rotatable bonds is 8. The molecule has 92 valence electrons. The van der Waals surface area contributed by atoms with Gasteiger partial charge >= 0.3 is 0 Å². The number of ether oxygens (including phenoxy) is 1. The van der Waals surface area contributed by atoms with Crippen molar-refractivity contribution in [1.29, 1.82) is 0 Å². The molecule has 15 heavy (non-hydrogen) atoms. The maximum atomic E-state index is 11.4. The highest BCUT2D eigenvalue weighted by atomic mass is 32.2. The van der Waals surface area contributed by atoms with Crippen molar-refractivity contribution in [1.82, 2.24) is 0 Å². The molecule has 0 saturated carbocycles. The van der Waals surface area contributed by atoms with Gasteiger partial charge in [-0.1, -0.05) is 13.3 Å². The Morgan fingerprint density at radius 3 is 2.40 bits per heavy atom. The fourth-order valence-electron chi connectivity index (χ4n) is 1.09. The summed E-state index contributed by atoms with van der Waals surface area (Å²) in [6, 6.07) is 0. The largest absolute Gasteiger partial charge is 0.390 e. The molecule has 0 saturated heterocycles. The van der Waals surface area contributed by atoms with Gasteiger partial charge in [-0.3, -0.25) is 0 Å². The Labute approximate surface area is 92.6 Å². The number of hydrogen-bond donors (Lipinski definition) is 1. The van der Waals surface area contributed by atoms with Crippen molar-refractivity contribution in [3.05, 3.63) is 0 Å². The van der Waals surface area contributed by atoms with E-state index in [1.54, 1.807) is 0 Å². The minimum absolute atomic E-state index is 0.0120. The van der Waals surface area contributed by atoms with E-state index in [2.05, 4.69) is 0 Å². The minimum atomic E-state index is -3.12. The molecule has 1 N–H and O–H groups in total. The molecule has 0 unspecified atom stereocenters. The van der Waals surface area contributed by atoms with Gasteiger partial charge in [-0.2, -0.15) is 0 Å². The maximum Gasteiger partial charge on any atom is 0.152 e. The van der Waals surface area contributed by atoms with Crippen molar-refractivity contribution >= 4 is 9.84 Å². The van der Waals surface area contributed by atoms with Gasteiger partial charge in [0, 0.05) is 0 Å². The second-order valence-electron chi connectivity index (χ2n) is 4.00. The fraction of sp³-hybridized carbons (Fsp3) is 1.00. The average molecular weight is 238 g/mol. The Hall–Kier alpha value is -0.130. The summed E-state index contributed by atoms with van der Waals surface area (Å²) in [5.41, 5.74) is 0. The van der Waals surface area contributed by atoms with E-state index in [1.165, 1.54) is 0 Å². The first kappa shape index (κ1) is 14.9. The number of unbranched alkanes of at least 4 members (excludes halogenated alkanes) is 1. The van der Waals surface area contributed by atoms with E-state index in [1.807, 2.05) is 20.8 Å². The van der Waals surface area contributed by atoms with Crippen LogP contribution in [0.5, 0.6) is 0 Å². The summed E-state index contributed by atoms with van der Waals surface area (Å²) in [5, 5.41) is 9.43. The van der Waals surface area contributed by atoms with E-state index in [0.29, 0.717) is 6.42 Å². The van der Waals surface area contributed by atoms with Crippen LogP contribution >= 0.6 is 0 Å². The molecule has 0 aliphatic rings. The van der Waals surface area contributed by atoms with Crippen LogP contribution in [0.3, 0.4) is 0 Å². The highest BCUT2D eigenvalue weighted by Gasteiger charge is 2.17. The molecular formula is C10H22O4S. The Morgan fingerprint density at radius 1 is 1.33 bits per heavy atom. The molecule has 4 nitrogen and oxygen atoms in total. The highest BCUT2D eigenvalue weighted by Crippen LogP contribution is 2.01. The molecule has 0 heterocycles. The quantitative estimate of drug-likeness (QED) is 0.685. The zero-order valence-corrected chi connectivity index (χ0v) is 10.6. The normalized spacial score (nSPS) is 14.5. The monoisotopic (exact) mass is 238 g/mol. The molecule has 0 spiro atoms. The minimum Gasteiger partial charge on any atom is -0.390 e. The van der Waals surface area contributed by atoms with Crippen LogP contribution in [0.1, 0.15) is 33.6 Å². The fourth-order valence-corrected chi connectivity index (χ4v) is 2.67. The van der Waals surface area contributed by atoms with Crippen LogP contribution in [0.4, 0.5) is 0 Å². The van der Waals surface area contributed by atoms with Crippen molar-refractivity contribution in [3.8, 4) is 0 Å². The van der Waals surface area contributed by atoms with Crippen LogP contribution in [0.25, 0.3) is 0 Å². The lowest BCUT2D eigenvalue weighted by molar-refractivity contribution is 0.0146. The lowest BCUT2D eigenvalue weighted by Crippen LogP contribution is -2.28. The molecule has 0 amide bonds. The summed E-state index contributed by atoms with van der Waals surface area (Å²) in [5.74, 6) is -0.0397. The Balaban J connectivity index is 3.88. The van der Waals surface area contributed by atoms with Crippen LogP contribution in [0.15, 0.2) is 0 Å². The van der Waals surface area contributed by atoms with Gasteiger partial charge in [0.05, 0.1) is 30.3 Å². The predicted molar refractivity (Wildman–Crippen MR) is 60.7 cm³/mol. The summed E-state index contributed by atoms with van der Waals surface area (Å²) in [7, 11) is -3.12. The van der Waals surface area contributed by atoms with Gasteiger partial charge in [-0.05, 0) is 20.3 Å². The molecule has 0 aromatic heterocycles. The van der Waals surface area contributed by atoms with Crippen LogP contribution in [-0.2, 0) is 14.6 Å². The Kier molecular flexibility index (Phi) is 7.13. The van der Waals surface area contributed by atoms with Crippen LogP contribution in [-0.4, -0.2) is 43.8 Å². The number of aliphatic hydroxyl groups is 1. The van der Waals surface area contributed by atoms with Gasteiger partial charge in [0.25, 0.3) is 0 Å². The van der Waals surface area contributed by atoms with Crippen molar-refractivity contribution in [2.24, 2.45) is 0 Å². The SMILES string of the molecule is CCCCS(=O)(=O)C[C@H](O)COC(C)C. The van der Waals surface area contributed by atoms with Gasteiger partial charge in [-0.25, -0.2) is 8.42 Å². The molecule has 1 atom stereocenters. The molecule has 0 aromatic carbocycles. The molecule has 0 radical (unpaired) electrons. The molecule has 0 aromatic rings. The van der Waals surface area contributed by atoms with E-state index in [-0.39, 0.29) is 24.2 Å². The number of hydrogen-bond acceptors (Lipinski definition) is 4. The third-order valence-electron chi connectivity index (χ3n) is 1.88. The van der Waals surface area contributed by atoms with E-state index < -0.39 is 15.9 Å². The Morgan fingerprint density at radius 2 is 1.93 bits per heavy atom. The maximum absolute atomic E-state index is 11.4. The second kappa shape index (κ2) is 7.19. The summed E-state index contributed by atoms with van der Waals surface area (Å²) in [4.78, 5) is 0. The standard InChI is InChI=1S/C10H22O4S/c1-4-5-6-15(12,13)8-10(11)7-14-9(2)3/h9-11H,4-8H2,1-3H3/t10-/m1/s1. The first-order chi connectivity index (χ1) is 6.87.